The highest BCUT2D eigenvalue weighted by molar-refractivity contribution is 6.04. The lowest BCUT2D eigenvalue weighted by Gasteiger charge is -2.14. The van der Waals surface area contributed by atoms with E-state index >= 15 is 0 Å². The third kappa shape index (κ3) is 3.38. The van der Waals surface area contributed by atoms with Crippen LogP contribution in [0.15, 0.2) is 11.1 Å². The van der Waals surface area contributed by atoms with E-state index in [1.165, 1.54) is 10.9 Å². The maximum Gasteiger partial charge on any atom is 0.256 e. The van der Waals surface area contributed by atoms with E-state index in [0.29, 0.717) is 11.3 Å². The van der Waals surface area contributed by atoms with Crippen molar-refractivity contribution >= 4 is 17.7 Å². The van der Waals surface area contributed by atoms with Crippen LogP contribution in [0.1, 0.15) is 24.1 Å². The zero-order valence-corrected chi connectivity index (χ0v) is 12.6. The molecule has 1 aromatic rings. The minimum Gasteiger partial charge on any atom is -0.353 e. The molecule has 0 aliphatic carbocycles. The molecule has 0 unspecified atom stereocenters. The Hall–Kier alpha value is -2.51. The number of hydrogen-bond donors (Lipinski definition) is 1. The van der Waals surface area contributed by atoms with Crippen LogP contribution < -0.4 is 10.9 Å². The fourth-order valence-corrected chi connectivity index (χ4v) is 2.15. The molecule has 2 heterocycles. The molecule has 1 aliphatic heterocycles. The maximum absolute atomic E-state index is 11.9. The quantitative estimate of drug-likeness (QED) is 0.712. The standard InChI is InChI=1S/C14H18N4O4/c1-9-10(2)16-8-17(14(9)22)6-5-15-11(19)7-18-12(20)3-4-13(18)21/h8H,3-7H2,1-2H3,(H,15,19). The summed E-state index contributed by atoms with van der Waals surface area (Å²) < 4.78 is 1.41. The van der Waals surface area contributed by atoms with Crippen LogP contribution in [0.2, 0.25) is 0 Å². The number of aryl methyl sites for hydroxylation is 1. The van der Waals surface area contributed by atoms with Crippen molar-refractivity contribution < 1.29 is 14.4 Å². The lowest BCUT2D eigenvalue weighted by atomic mass is 10.3. The van der Waals surface area contributed by atoms with Crippen molar-refractivity contribution in [2.45, 2.75) is 33.2 Å². The molecule has 0 atom stereocenters. The molecule has 0 bridgehead atoms. The Morgan fingerprint density at radius 1 is 1.23 bits per heavy atom. The van der Waals surface area contributed by atoms with Gasteiger partial charge in [-0.3, -0.25) is 28.6 Å². The highest BCUT2D eigenvalue weighted by Crippen LogP contribution is 2.10. The molecular formula is C14H18N4O4. The summed E-state index contributed by atoms with van der Waals surface area (Å²) in [5.41, 5.74) is 1.10. The van der Waals surface area contributed by atoms with Crippen molar-refractivity contribution in [3.05, 3.63) is 27.9 Å². The average molecular weight is 306 g/mol. The summed E-state index contributed by atoms with van der Waals surface area (Å²) in [6, 6.07) is 0. The van der Waals surface area contributed by atoms with Crippen molar-refractivity contribution in [1.82, 2.24) is 19.8 Å². The van der Waals surface area contributed by atoms with Gasteiger partial charge in [-0.05, 0) is 13.8 Å². The molecule has 3 amide bonds. The van der Waals surface area contributed by atoms with Gasteiger partial charge >= 0.3 is 0 Å². The first kappa shape index (κ1) is 15.9. The van der Waals surface area contributed by atoms with E-state index in [1.54, 1.807) is 13.8 Å². The molecule has 2 rings (SSSR count). The molecule has 0 radical (unpaired) electrons. The van der Waals surface area contributed by atoms with Crippen molar-refractivity contribution in [3.8, 4) is 0 Å². The molecule has 1 aromatic heterocycles. The van der Waals surface area contributed by atoms with Crippen LogP contribution in [-0.4, -0.2) is 45.3 Å². The summed E-state index contributed by atoms with van der Waals surface area (Å²) in [5, 5.41) is 2.59. The molecule has 1 saturated heterocycles. The Morgan fingerprint density at radius 2 is 1.86 bits per heavy atom. The number of carbonyl (C=O) groups excluding carboxylic acids is 3. The van der Waals surface area contributed by atoms with Crippen LogP contribution in [0, 0.1) is 13.8 Å². The summed E-state index contributed by atoms with van der Waals surface area (Å²) in [6.07, 6.45) is 1.76. The summed E-state index contributed by atoms with van der Waals surface area (Å²) in [7, 11) is 0. The molecule has 22 heavy (non-hydrogen) atoms. The minimum absolute atomic E-state index is 0.147. The maximum atomic E-state index is 11.9. The van der Waals surface area contributed by atoms with Gasteiger partial charge in [0.05, 0.1) is 6.33 Å². The number of carbonyl (C=O) groups is 3. The van der Waals surface area contributed by atoms with Crippen LogP contribution in [-0.2, 0) is 20.9 Å². The van der Waals surface area contributed by atoms with E-state index in [2.05, 4.69) is 10.3 Å². The first-order valence-electron chi connectivity index (χ1n) is 7.02. The van der Waals surface area contributed by atoms with Crippen LogP contribution >= 0.6 is 0 Å². The molecule has 0 spiro atoms. The van der Waals surface area contributed by atoms with Gasteiger partial charge in [-0.25, -0.2) is 4.98 Å². The number of amides is 3. The van der Waals surface area contributed by atoms with Crippen molar-refractivity contribution in [2.75, 3.05) is 13.1 Å². The van der Waals surface area contributed by atoms with E-state index < -0.39 is 5.91 Å². The third-order valence-corrected chi connectivity index (χ3v) is 3.65. The first-order valence-corrected chi connectivity index (χ1v) is 7.02. The Bertz CT molecular complexity index is 664. The van der Waals surface area contributed by atoms with Crippen molar-refractivity contribution in [2.24, 2.45) is 0 Å². The van der Waals surface area contributed by atoms with E-state index in [4.69, 9.17) is 0 Å². The second kappa shape index (κ2) is 6.50. The molecule has 8 heteroatoms. The van der Waals surface area contributed by atoms with Gasteiger partial charge in [0.1, 0.15) is 6.54 Å². The summed E-state index contributed by atoms with van der Waals surface area (Å²) in [5.74, 6) is -1.07. The smallest absolute Gasteiger partial charge is 0.256 e. The molecular weight excluding hydrogens is 288 g/mol. The SMILES string of the molecule is Cc1ncn(CCNC(=O)CN2C(=O)CCC2=O)c(=O)c1C. The van der Waals surface area contributed by atoms with Gasteiger partial charge in [0.25, 0.3) is 5.56 Å². The summed E-state index contributed by atoms with van der Waals surface area (Å²) >= 11 is 0. The van der Waals surface area contributed by atoms with Gasteiger partial charge in [-0.15, -0.1) is 0 Å². The van der Waals surface area contributed by atoms with Crippen LogP contribution in [0.3, 0.4) is 0 Å². The predicted molar refractivity (Wildman–Crippen MR) is 76.9 cm³/mol. The van der Waals surface area contributed by atoms with Gasteiger partial charge in [0.15, 0.2) is 0 Å². The number of likely N-dealkylation sites (tertiary alicyclic amines) is 1. The first-order chi connectivity index (χ1) is 10.4. The number of aromatic nitrogens is 2. The minimum atomic E-state index is -0.423. The number of nitrogens with one attached hydrogen (secondary N) is 1. The Balaban J connectivity index is 1.85. The highest BCUT2D eigenvalue weighted by atomic mass is 16.2. The topological polar surface area (TPSA) is 101 Å². The van der Waals surface area contributed by atoms with Crippen LogP contribution in [0.25, 0.3) is 0 Å². The Kier molecular flexibility index (Phi) is 4.69. The van der Waals surface area contributed by atoms with E-state index in [9.17, 15) is 19.2 Å². The fraction of sp³-hybridized carbons (Fsp3) is 0.500. The van der Waals surface area contributed by atoms with Gasteiger partial charge in [-0.1, -0.05) is 0 Å². The number of nitrogens with zero attached hydrogens (tertiary/aromatic N) is 3. The molecule has 1 aliphatic rings. The molecule has 8 nitrogen and oxygen atoms in total. The van der Waals surface area contributed by atoms with E-state index in [-0.39, 0.29) is 49.8 Å². The van der Waals surface area contributed by atoms with Gasteiger partial charge in [0, 0.05) is 37.2 Å². The summed E-state index contributed by atoms with van der Waals surface area (Å²) in [4.78, 5) is 51.5. The van der Waals surface area contributed by atoms with E-state index in [0.717, 1.165) is 4.90 Å². The predicted octanol–water partition coefficient (Wildman–Crippen LogP) is -0.875. The zero-order chi connectivity index (χ0) is 16.3. The number of hydrogen-bond acceptors (Lipinski definition) is 5. The largest absolute Gasteiger partial charge is 0.353 e. The van der Waals surface area contributed by atoms with Crippen LogP contribution in [0.5, 0.6) is 0 Å². The molecule has 118 valence electrons. The Morgan fingerprint density at radius 3 is 2.50 bits per heavy atom. The Labute approximate surface area is 127 Å². The molecule has 1 fully saturated rings. The van der Waals surface area contributed by atoms with Crippen molar-refractivity contribution in [3.63, 3.8) is 0 Å². The molecule has 0 saturated carbocycles. The van der Waals surface area contributed by atoms with Gasteiger partial charge in [-0.2, -0.15) is 0 Å². The van der Waals surface area contributed by atoms with Gasteiger partial charge < -0.3 is 5.32 Å². The fourth-order valence-electron chi connectivity index (χ4n) is 2.15. The summed E-state index contributed by atoms with van der Waals surface area (Å²) in [6.45, 7) is 3.69. The lowest BCUT2D eigenvalue weighted by molar-refractivity contribution is -0.142. The van der Waals surface area contributed by atoms with E-state index in [1.807, 2.05) is 0 Å². The lowest BCUT2D eigenvalue weighted by Crippen LogP contribution is -2.41. The third-order valence-electron chi connectivity index (χ3n) is 3.65. The highest BCUT2D eigenvalue weighted by Gasteiger charge is 2.30. The second-order valence-electron chi connectivity index (χ2n) is 5.18. The molecule has 0 aromatic carbocycles. The van der Waals surface area contributed by atoms with Crippen molar-refractivity contribution in [1.29, 1.82) is 0 Å². The second-order valence-corrected chi connectivity index (χ2v) is 5.18. The average Bonchev–Trinajstić information content (AvgIpc) is 2.79. The normalized spacial score (nSPS) is 14.5. The molecule has 1 N–H and O–H groups in total. The number of rotatable bonds is 5. The van der Waals surface area contributed by atoms with Crippen LogP contribution in [0.4, 0.5) is 0 Å². The number of imide groups is 1. The monoisotopic (exact) mass is 306 g/mol. The van der Waals surface area contributed by atoms with Gasteiger partial charge in [0.2, 0.25) is 17.7 Å². The zero-order valence-electron chi connectivity index (χ0n) is 12.6.